The summed E-state index contributed by atoms with van der Waals surface area (Å²) >= 11 is 3.50. The molecule has 0 radical (unpaired) electrons. The van der Waals surface area contributed by atoms with E-state index in [1.165, 1.54) is 4.90 Å². The van der Waals surface area contributed by atoms with Crippen LogP contribution < -0.4 is 9.62 Å². The molecule has 0 bridgehead atoms. The van der Waals surface area contributed by atoms with Crippen molar-refractivity contribution < 1.29 is 18.0 Å². The number of amides is 2. The number of benzene rings is 4. The minimum absolute atomic E-state index is 0.0808. The number of nitrogens with zero attached hydrogens (tertiary/aromatic N) is 2. The van der Waals surface area contributed by atoms with Gasteiger partial charge < -0.3 is 10.2 Å². The number of nitrogens with one attached hydrogen (secondary N) is 1. The molecular weight excluding hydrogens is 626 g/mol. The molecule has 0 aromatic heterocycles. The molecule has 0 saturated heterocycles. The van der Waals surface area contributed by atoms with Gasteiger partial charge in [-0.3, -0.25) is 13.9 Å². The fourth-order valence-corrected chi connectivity index (χ4v) is 6.80. The summed E-state index contributed by atoms with van der Waals surface area (Å²) in [6.07, 6.45) is 0.265. The average molecular weight is 663 g/mol. The fraction of sp³-hybridized carbons (Fsp3) is 0.235. The highest BCUT2D eigenvalue weighted by Crippen LogP contribution is 2.28. The van der Waals surface area contributed by atoms with E-state index in [2.05, 4.69) is 21.2 Å². The Bertz CT molecular complexity index is 1660. The van der Waals surface area contributed by atoms with Gasteiger partial charge in [-0.15, -0.1) is 0 Å². The number of rotatable bonds is 12. The maximum Gasteiger partial charge on any atom is 0.264 e. The van der Waals surface area contributed by atoms with E-state index >= 15 is 0 Å². The van der Waals surface area contributed by atoms with E-state index in [9.17, 15) is 18.0 Å². The molecule has 0 aliphatic carbocycles. The first-order chi connectivity index (χ1) is 20.6. The number of likely N-dealkylation sites (N-methyl/N-ethyl adjacent to an activating group) is 1. The van der Waals surface area contributed by atoms with Gasteiger partial charge in [-0.1, -0.05) is 94.3 Å². The Labute approximate surface area is 262 Å². The van der Waals surface area contributed by atoms with Crippen molar-refractivity contribution in [3.63, 3.8) is 0 Å². The number of hydrogen-bond donors (Lipinski definition) is 1. The number of anilines is 1. The topological polar surface area (TPSA) is 86.8 Å². The van der Waals surface area contributed by atoms with Gasteiger partial charge in [-0.2, -0.15) is 0 Å². The van der Waals surface area contributed by atoms with Crippen molar-refractivity contribution in [2.45, 2.75) is 44.7 Å². The van der Waals surface area contributed by atoms with Gasteiger partial charge in [-0.05, 0) is 67.8 Å². The third kappa shape index (κ3) is 8.12. The molecule has 0 aliphatic rings. The average Bonchev–Trinajstić information content (AvgIpc) is 2.99. The maximum absolute atomic E-state index is 14.4. The highest BCUT2D eigenvalue weighted by Gasteiger charge is 2.34. The minimum atomic E-state index is -4.14. The van der Waals surface area contributed by atoms with Crippen LogP contribution in [0.4, 0.5) is 5.69 Å². The number of para-hydroxylation sites is 1. The van der Waals surface area contributed by atoms with Gasteiger partial charge in [0.25, 0.3) is 10.0 Å². The minimum Gasteiger partial charge on any atom is -0.355 e. The van der Waals surface area contributed by atoms with Gasteiger partial charge in [-0.25, -0.2) is 8.42 Å². The molecule has 1 atom stereocenters. The molecule has 9 heteroatoms. The number of aryl methyl sites for hydroxylation is 2. The Morgan fingerprint density at radius 2 is 1.49 bits per heavy atom. The summed E-state index contributed by atoms with van der Waals surface area (Å²) in [4.78, 5) is 29.6. The van der Waals surface area contributed by atoms with E-state index in [-0.39, 0.29) is 23.8 Å². The van der Waals surface area contributed by atoms with Crippen LogP contribution in [0.2, 0.25) is 0 Å². The van der Waals surface area contributed by atoms with E-state index in [0.29, 0.717) is 17.8 Å². The Kier molecular flexibility index (Phi) is 10.8. The van der Waals surface area contributed by atoms with Crippen LogP contribution in [-0.4, -0.2) is 44.3 Å². The highest BCUT2D eigenvalue weighted by molar-refractivity contribution is 9.10. The molecule has 2 amide bonds. The first-order valence-corrected chi connectivity index (χ1v) is 16.3. The summed E-state index contributed by atoms with van der Waals surface area (Å²) in [7, 11) is -4.14. The van der Waals surface area contributed by atoms with Gasteiger partial charge >= 0.3 is 0 Å². The SMILES string of the molecule is CCNC(=O)[C@H](Cc1ccccc1)N(Cc1cccc(Br)c1)C(=O)CN(c1ccccc1C)S(=O)(=O)c1ccc(C)cc1. The summed E-state index contributed by atoms with van der Waals surface area (Å²) in [5.41, 5.74) is 3.71. The Morgan fingerprint density at radius 1 is 0.837 bits per heavy atom. The Morgan fingerprint density at radius 3 is 2.14 bits per heavy atom. The van der Waals surface area contributed by atoms with Crippen LogP contribution in [0.1, 0.15) is 29.2 Å². The van der Waals surface area contributed by atoms with Crippen LogP contribution in [-0.2, 0) is 32.6 Å². The summed E-state index contributed by atoms with van der Waals surface area (Å²) < 4.78 is 30.2. The maximum atomic E-state index is 14.4. The van der Waals surface area contributed by atoms with Gasteiger partial charge in [0.15, 0.2) is 0 Å². The molecule has 0 unspecified atom stereocenters. The second-order valence-corrected chi connectivity index (χ2v) is 13.1. The first-order valence-electron chi connectivity index (χ1n) is 14.1. The lowest BCUT2D eigenvalue weighted by molar-refractivity contribution is -0.140. The molecule has 4 aromatic rings. The number of halogens is 1. The largest absolute Gasteiger partial charge is 0.355 e. The smallest absolute Gasteiger partial charge is 0.264 e. The molecule has 224 valence electrons. The van der Waals surface area contributed by atoms with Crippen molar-refractivity contribution >= 4 is 43.5 Å². The van der Waals surface area contributed by atoms with Crippen LogP contribution in [0.15, 0.2) is 112 Å². The summed E-state index contributed by atoms with van der Waals surface area (Å²) in [6, 6.07) is 29.8. The quantitative estimate of drug-likeness (QED) is 0.201. The van der Waals surface area contributed by atoms with E-state index in [4.69, 9.17) is 0 Å². The lowest BCUT2D eigenvalue weighted by Gasteiger charge is -2.34. The zero-order valence-electron chi connectivity index (χ0n) is 24.5. The van der Waals surface area contributed by atoms with Gasteiger partial charge in [0.05, 0.1) is 10.6 Å². The number of hydrogen-bond acceptors (Lipinski definition) is 4. The third-order valence-electron chi connectivity index (χ3n) is 7.14. The van der Waals surface area contributed by atoms with E-state index in [0.717, 1.165) is 25.5 Å². The lowest BCUT2D eigenvalue weighted by Crippen LogP contribution is -2.53. The first kappa shape index (κ1) is 32.0. The molecule has 7 nitrogen and oxygen atoms in total. The molecule has 0 aliphatic heterocycles. The molecule has 4 aromatic carbocycles. The molecular formula is C34H36BrN3O4S. The van der Waals surface area contributed by atoms with Crippen LogP contribution in [0.5, 0.6) is 0 Å². The van der Waals surface area contributed by atoms with Crippen molar-refractivity contribution in [1.29, 1.82) is 0 Å². The predicted octanol–water partition coefficient (Wildman–Crippen LogP) is 6.04. The Balaban J connectivity index is 1.80. The summed E-state index contributed by atoms with van der Waals surface area (Å²) in [5, 5.41) is 2.88. The monoisotopic (exact) mass is 661 g/mol. The predicted molar refractivity (Wildman–Crippen MR) is 174 cm³/mol. The Hall–Kier alpha value is -3.95. The van der Waals surface area contributed by atoms with Crippen molar-refractivity contribution in [3.8, 4) is 0 Å². The van der Waals surface area contributed by atoms with Crippen molar-refractivity contribution in [1.82, 2.24) is 10.2 Å². The lowest BCUT2D eigenvalue weighted by atomic mass is 10.0. The second kappa shape index (κ2) is 14.5. The number of carbonyl (C=O) groups is 2. The van der Waals surface area contributed by atoms with E-state index in [1.807, 2.05) is 87.5 Å². The van der Waals surface area contributed by atoms with E-state index < -0.39 is 28.5 Å². The zero-order valence-corrected chi connectivity index (χ0v) is 26.9. The second-order valence-electron chi connectivity index (χ2n) is 10.4. The summed E-state index contributed by atoms with van der Waals surface area (Å²) in [5.74, 6) is -0.801. The van der Waals surface area contributed by atoms with Crippen LogP contribution in [0, 0.1) is 13.8 Å². The summed E-state index contributed by atoms with van der Waals surface area (Å²) in [6.45, 7) is 5.53. The fourth-order valence-electron chi connectivity index (χ4n) is 4.87. The van der Waals surface area contributed by atoms with Gasteiger partial charge in [0, 0.05) is 24.0 Å². The van der Waals surface area contributed by atoms with Gasteiger partial charge in [0.2, 0.25) is 11.8 Å². The molecule has 0 fully saturated rings. The molecule has 1 N–H and O–H groups in total. The zero-order chi connectivity index (χ0) is 31.0. The van der Waals surface area contributed by atoms with E-state index in [1.54, 1.807) is 36.4 Å². The molecule has 0 heterocycles. The van der Waals surface area contributed by atoms with Crippen LogP contribution >= 0.6 is 15.9 Å². The standard InChI is InChI=1S/C34H36BrN3O4S/c1-4-36-34(40)32(22-27-12-6-5-7-13-27)37(23-28-14-10-15-29(35)21-28)33(39)24-38(31-16-9-8-11-26(31)3)43(41,42)30-19-17-25(2)18-20-30/h5-21,32H,4,22-24H2,1-3H3,(H,36,40)/t32-/m0/s1. The normalized spacial score (nSPS) is 11.9. The highest BCUT2D eigenvalue weighted by atomic mass is 79.9. The van der Waals surface area contributed by atoms with Gasteiger partial charge in [0.1, 0.15) is 12.6 Å². The molecule has 0 spiro atoms. The van der Waals surface area contributed by atoms with Crippen molar-refractivity contribution in [3.05, 3.63) is 130 Å². The third-order valence-corrected chi connectivity index (χ3v) is 9.40. The number of sulfonamides is 1. The van der Waals surface area contributed by atoms with Crippen molar-refractivity contribution in [2.75, 3.05) is 17.4 Å². The number of carbonyl (C=O) groups excluding carboxylic acids is 2. The van der Waals surface area contributed by atoms with Crippen molar-refractivity contribution in [2.24, 2.45) is 0 Å². The molecule has 4 rings (SSSR count). The molecule has 0 saturated carbocycles. The van der Waals surface area contributed by atoms with Crippen LogP contribution in [0.3, 0.4) is 0 Å². The van der Waals surface area contributed by atoms with Crippen LogP contribution in [0.25, 0.3) is 0 Å². The molecule has 43 heavy (non-hydrogen) atoms.